The zero-order valence-corrected chi connectivity index (χ0v) is 9.72. The van der Waals surface area contributed by atoms with Crippen LogP contribution in [0.1, 0.15) is 11.1 Å². The second kappa shape index (κ2) is 4.97. The Kier molecular flexibility index (Phi) is 3.40. The van der Waals surface area contributed by atoms with E-state index >= 15 is 0 Å². The summed E-state index contributed by atoms with van der Waals surface area (Å²) >= 11 is 6.03. The fraction of sp³-hybridized carbons (Fsp3) is 0.0769. The molecule has 0 unspecified atom stereocenters. The van der Waals surface area contributed by atoms with Crippen molar-refractivity contribution in [3.8, 4) is 0 Å². The zero-order chi connectivity index (χ0) is 12.3. The molecule has 0 aliphatic rings. The zero-order valence-electron chi connectivity index (χ0n) is 8.97. The lowest BCUT2D eigenvalue weighted by molar-refractivity contribution is -0.384. The van der Waals surface area contributed by atoms with E-state index in [9.17, 15) is 10.1 Å². The molecule has 0 saturated heterocycles. The molecule has 0 radical (unpaired) electrons. The van der Waals surface area contributed by atoms with Crippen LogP contribution in [0, 0.1) is 10.1 Å². The van der Waals surface area contributed by atoms with Crippen molar-refractivity contribution in [1.82, 2.24) is 0 Å². The molecule has 0 amide bonds. The van der Waals surface area contributed by atoms with Gasteiger partial charge in [-0.3, -0.25) is 10.1 Å². The van der Waals surface area contributed by atoms with Gasteiger partial charge in [-0.15, -0.1) is 0 Å². The van der Waals surface area contributed by atoms with Crippen LogP contribution in [0.3, 0.4) is 0 Å². The van der Waals surface area contributed by atoms with Crippen molar-refractivity contribution in [2.24, 2.45) is 0 Å². The summed E-state index contributed by atoms with van der Waals surface area (Å²) in [5.41, 5.74) is 1.92. The van der Waals surface area contributed by atoms with Crippen LogP contribution in [-0.4, -0.2) is 4.92 Å². The van der Waals surface area contributed by atoms with Gasteiger partial charge in [0.25, 0.3) is 5.69 Å². The van der Waals surface area contributed by atoms with Crippen LogP contribution < -0.4 is 0 Å². The first-order valence-electron chi connectivity index (χ1n) is 5.13. The number of hydrogen-bond acceptors (Lipinski definition) is 2. The van der Waals surface area contributed by atoms with Gasteiger partial charge in [0, 0.05) is 17.2 Å². The fourth-order valence-corrected chi connectivity index (χ4v) is 1.81. The topological polar surface area (TPSA) is 43.1 Å². The summed E-state index contributed by atoms with van der Waals surface area (Å²) in [5.74, 6) is 0. The minimum absolute atomic E-state index is 0.0698. The van der Waals surface area contributed by atoms with Crippen molar-refractivity contribution in [2.45, 2.75) is 6.42 Å². The molecular weight excluding hydrogens is 238 g/mol. The highest BCUT2D eigenvalue weighted by Crippen LogP contribution is 2.24. The Morgan fingerprint density at radius 1 is 1.12 bits per heavy atom. The molecule has 0 N–H and O–H groups in total. The third kappa shape index (κ3) is 2.82. The number of nitro benzene ring substituents is 1. The van der Waals surface area contributed by atoms with Crippen LogP contribution in [0.25, 0.3) is 0 Å². The molecule has 2 aromatic rings. The highest BCUT2D eigenvalue weighted by atomic mass is 35.5. The molecule has 86 valence electrons. The average Bonchev–Trinajstić information content (AvgIpc) is 2.33. The predicted molar refractivity (Wildman–Crippen MR) is 67.4 cm³/mol. The number of nitrogens with zero attached hydrogens (tertiary/aromatic N) is 1. The van der Waals surface area contributed by atoms with E-state index in [-0.39, 0.29) is 5.69 Å². The highest BCUT2D eigenvalue weighted by molar-refractivity contribution is 6.31. The Morgan fingerprint density at radius 2 is 1.82 bits per heavy atom. The lowest BCUT2D eigenvalue weighted by Crippen LogP contribution is -1.93. The number of rotatable bonds is 3. The minimum Gasteiger partial charge on any atom is -0.258 e. The van der Waals surface area contributed by atoms with Crippen molar-refractivity contribution in [2.75, 3.05) is 0 Å². The van der Waals surface area contributed by atoms with Gasteiger partial charge < -0.3 is 0 Å². The van der Waals surface area contributed by atoms with E-state index in [2.05, 4.69) is 0 Å². The molecule has 0 aliphatic heterocycles. The van der Waals surface area contributed by atoms with Crippen LogP contribution in [0.5, 0.6) is 0 Å². The molecule has 3 nitrogen and oxygen atoms in total. The summed E-state index contributed by atoms with van der Waals surface area (Å²) in [7, 11) is 0. The van der Waals surface area contributed by atoms with Gasteiger partial charge in [-0.05, 0) is 23.6 Å². The monoisotopic (exact) mass is 247 g/mol. The number of benzene rings is 2. The summed E-state index contributed by atoms with van der Waals surface area (Å²) in [6.45, 7) is 0. The Morgan fingerprint density at radius 3 is 2.47 bits per heavy atom. The maximum Gasteiger partial charge on any atom is 0.269 e. The van der Waals surface area contributed by atoms with E-state index in [1.807, 2.05) is 30.3 Å². The smallest absolute Gasteiger partial charge is 0.258 e. The van der Waals surface area contributed by atoms with Gasteiger partial charge in [0.05, 0.1) is 4.92 Å². The molecule has 2 rings (SSSR count). The Bertz CT molecular complexity index is 540. The van der Waals surface area contributed by atoms with Gasteiger partial charge >= 0.3 is 0 Å². The SMILES string of the molecule is O=[N+]([O-])c1ccc(Cl)c(Cc2ccccc2)c1. The van der Waals surface area contributed by atoms with Crippen LogP contribution in [0.2, 0.25) is 5.02 Å². The fourth-order valence-electron chi connectivity index (χ4n) is 1.63. The molecule has 0 heterocycles. The average molecular weight is 248 g/mol. The van der Waals surface area contributed by atoms with Crippen molar-refractivity contribution in [1.29, 1.82) is 0 Å². The molecular formula is C13H10ClNO2. The van der Waals surface area contributed by atoms with Crippen molar-refractivity contribution in [3.05, 3.63) is 74.8 Å². The predicted octanol–water partition coefficient (Wildman–Crippen LogP) is 3.84. The van der Waals surface area contributed by atoms with Crippen LogP contribution in [0.15, 0.2) is 48.5 Å². The Labute approximate surface area is 104 Å². The summed E-state index contributed by atoms with van der Waals surface area (Å²) in [4.78, 5) is 10.3. The van der Waals surface area contributed by atoms with Crippen LogP contribution >= 0.6 is 11.6 Å². The van der Waals surface area contributed by atoms with Crippen molar-refractivity contribution < 1.29 is 4.92 Å². The molecule has 4 heteroatoms. The quantitative estimate of drug-likeness (QED) is 0.611. The van der Waals surface area contributed by atoms with Gasteiger partial charge in [-0.25, -0.2) is 0 Å². The maximum absolute atomic E-state index is 10.7. The number of hydrogen-bond donors (Lipinski definition) is 0. The molecule has 0 bridgehead atoms. The number of halogens is 1. The molecule has 0 spiro atoms. The molecule has 0 aliphatic carbocycles. The first-order valence-corrected chi connectivity index (χ1v) is 5.51. The minimum atomic E-state index is -0.412. The number of nitro groups is 1. The largest absolute Gasteiger partial charge is 0.269 e. The highest BCUT2D eigenvalue weighted by Gasteiger charge is 2.09. The second-order valence-electron chi connectivity index (χ2n) is 3.70. The summed E-state index contributed by atoms with van der Waals surface area (Å²) in [5, 5.41) is 11.2. The Hall–Kier alpha value is -1.87. The summed E-state index contributed by atoms with van der Waals surface area (Å²) in [6.07, 6.45) is 0.599. The van der Waals surface area contributed by atoms with E-state index in [0.29, 0.717) is 11.4 Å². The summed E-state index contributed by atoms with van der Waals surface area (Å²) in [6, 6.07) is 14.2. The summed E-state index contributed by atoms with van der Waals surface area (Å²) < 4.78 is 0. The molecule has 0 saturated carbocycles. The van der Waals surface area contributed by atoms with Gasteiger partial charge in [-0.1, -0.05) is 41.9 Å². The molecule has 2 aromatic carbocycles. The van der Waals surface area contributed by atoms with Crippen molar-refractivity contribution >= 4 is 17.3 Å². The third-order valence-corrected chi connectivity index (χ3v) is 2.85. The maximum atomic E-state index is 10.7. The second-order valence-corrected chi connectivity index (χ2v) is 4.10. The van der Waals surface area contributed by atoms with E-state index in [0.717, 1.165) is 11.1 Å². The third-order valence-electron chi connectivity index (χ3n) is 2.48. The van der Waals surface area contributed by atoms with E-state index in [1.54, 1.807) is 6.07 Å². The van der Waals surface area contributed by atoms with Gasteiger partial charge in [0.15, 0.2) is 0 Å². The molecule has 17 heavy (non-hydrogen) atoms. The van der Waals surface area contributed by atoms with E-state index in [4.69, 9.17) is 11.6 Å². The van der Waals surface area contributed by atoms with Crippen LogP contribution in [-0.2, 0) is 6.42 Å². The van der Waals surface area contributed by atoms with Crippen molar-refractivity contribution in [3.63, 3.8) is 0 Å². The number of non-ortho nitro benzene ring substituents is 1. The molecule has 0 aromatic heterocycles. The molecule has 0 atom stereocenters. The first kappa shape index (κ1) is 11.6. The van der Waals surface area contributed by atoms with Gasteiger partial charge in [0.2, 0.25) is 0 Å². The standard InChI is InChI=1S/C13H10ClNO2/c14-13-7-6-12(15(16)17)9-11(13)8-10-4-2-1-3-5-10/h1-7,9H,8H2. The van der Waals surface area contributed by atoms with Crippen LogP contribution in [0.4, 0.5) is 5.69 Å². The Balaban J connectivity index is 2.32. The molecule has 0 fully saturated rings. The lowest BCUT2D eigenvalue weighted by atomic mass is 10.0. The van der Waals surface area contributed by atoms with E-state index in [1.165, 1.54) is 12.1 Å². The normalized spacial score (nSPS) is 10.2. The van der Waals surface area contributed by atoms with E-state index < -0.39 is 4.92 Å². The van der Waals surface area contributed by atoms with Gasteiger partial charge in [-0.2, -0.15) is 0 Å². The van der Waals surface area contributed by atoms with Gasteiger partial charge in [0.1, 0.15) is 0 Å². The lowest BCUT2D eigenvalue weighted by Gasteiger charge is -2.04. The first-order chi connectivity index (χ1) is 8.16.